The number of nitrogens with zero attached hydrogens (tertiary/aromatic N) is 1. The van der Waals surface area contributed by atoms with Gasteiger partial charge < -0.3 is 12.4 Å². The van der Waals surface area contributed by atoms with Crippen molar-refractivity contribution in [3.8, 4) is 27.9 Å². The Bertz CT molecular complexity index is 1270. The average Bonchev–Trinajstić information content (AvgIpc) is 3.34. The van der Waals surface area contributed by atoms with Crippen LogP contribution < -0.4 is 17.0 Å². The zero-order valence-corrected chi connectivity index (χ0v) is 24.4. The molecule has 1 nitrogen and oxygen atoms in total. The fraction of sp³-hybridized carbons (Fsp3) is 0.364. The maximum absolute atomic E-state index is 6.93. The predicted molar refractivity (Wildman–Crippen MR) is 156 cm³/mol. The van der Waals surface area contributed by atoms with Gasteiger partial charge in [0.1, 0.15) is 0 Å². The lowest BCUT2D eigenvalue weighted by molar-refractivity contribution is -0.598. The molecule has 37 heavy (non-hydrogen) atoms. The second kappa shape index (κ2) is 13.1. The van der Waals surface area contributed by atoms with E-state index in [9.17, 15) is 0 Å². The molecular weight excluding hydrogens is 513 g/mol. The van der Waals surface area contributed by atoms with Gasteiger partial charge in [-0.05, 0) is 79.3 Å². The minimum atomic E-state index is 0. The van der Waals surface area contributed by atoms with Crippen molar-refractivity contribution in [1.29, 1.82) is 0 Å². The topological polar surface area (TPSA) is 3.88 Å². The summed E-state index contributed by atoms with van der Waals surface area (Å²) in [5.74, 6) is 0. The van der Waals surface area contributed by atoms with E-state index in [0.717, 1.165) is 24.3 Å². The Balaban J connectivity index is 0.00000320. The molecule has 0 N–H and O–H groups in total. The summed E-state index contributed by atoms with van der Waals surface area (Å²) in [6.07, 6.45) is 11.9. The Hall–Kier alpha value is -2.13. The molecule has 194 valence electrons. The third kappa shape index (κ3) is 5.98. The molecule has 4 heteroatoms. The van der Waals surface area contributed by atoms with E-state index in [1.165, 1.54) is 89.7 Å². The zero-order chi connectivity index (χ0) is 24.9. The van der Waals surface area contributed by atoms with Crippen molar-refractivity contribution < 1.29 is 17.0 Å². The molecule has 0 atom stereocenters. The van der Waals surface area contributed by atoms with Crippen LogP contribution in [0.25, 0.3) is 27.9 Å². The highest BCUT2D eigenvalue weighted by Crippen LogP contribution is 2.40. The molecule has 0 saturated heterocycles. The Labute approximate surface area is 238 Å². The van der Waals surface area contributed by atoms with E-state index >= 15 is 0 Å². The van der Waals surface area contributed by atoms with E-state index in [0.29, 0.717) is 0 Å². The van der Waals surface area contributed by atoms with Gasteiger partial charge in [-0.2, -0.15) is 4.57 Å². The van der Waals surface area contributed by atoms with Crippen LogP contribution >= 0.6 is 22.9 Å². The molecule has 0 radical (unpaired) electrons. The van der Waals surface area contributed by atoms with Gasteiger partial charge in [0.15, 0.2) is 0 Å². The van der Waals surface area contributed by atoms with E-state index in [-0.39, 0.29) is 12.4 Å². The quantitative estimate of drug-likeness (QED) is 0.207. The summed E-state index contributed by atoms with van der Waals surface area (Å²) in [4.78, 5) is 1.55. The number of benzene rings is 3. The van der Waals surface area contributed by atoms with Gasteiger partial charge in [0.25, 0.3) is 0 Å². The van der Waals surface area contributed by atoms with Crippen LogP contribution in [-0.4, -0.2) is 0 Å². The van der Waals surface area contributed by atoms with Crippen molar-refractivity contribution in [2.75, 3.05) is 0 Å². The molecule has 0 aliphatic heterocycles. The van der Waals surface area contributed by atoms with Gasteiger partial charge in [-0.3, -0.25) is 0 Å². The van der Waals surface area contributed by atoms with Crippen LogP contribution in [0.15, 0.2) is 66.2 Å². The van der Waals surface area contributed by atoms with Crippen molar-refractivity contribution in [3.63, 3.8) is 0 Å². The minimum Gasteiger partial charge on any atom is -1.00 e. The first-order valence-corrected chi connectivity index (χ1v) is 15.0. The summed E-state index contributed by atoms with van der Waals surface area (Å²) < 4.78 is 2.52. The molecule has 3 aromatic carbocycles. The zero-order valence-electron chi connectivity index (χ0n) is 22.0. The molecule has 1 heterocycles. The first-order valence-electron chi connectivity index (χ1n) is 13.7. The van der Waals surface area contributed by atoms with Gasteiger partial charge in [-0.15, -0.1) is 0 Å². The SMILES string of the molecule is CCCCc1ccccc1-c1cc(Cl)cc(-c2ccccc2CCCC)c1-[n+]1csc2c1CCCC2.[Cl-]. The molecule has 0 saturated carbocycles. The normalized spacial score (nSPS) is 12.7. The summed E-state index contributed by atoms with van der Waals surface area (Å²) in [7, 11) is 0. The lowest BCUT2D eigenvalue weighted by Gasteiger charge is -2.17. The monoisotopic (exact) mass is 549 g/mol. The fourth-order valence-electron chi connectivity index (χ4n) is 5.62. The molecule has 5 rings (SSSR count). The Kier molecular flexibility index (Phi) is 9.87. The van der Waals surface area contributed by atoms with E-state index in [4.69, 9.17) is 11.6 Å². The van der Waals surface area contributed by atoms with Crippen LogP contribution in [0.4, 0.5) is 0 Å². The molecule has 1 aliphatic rings. The van der Waals surface area contributed by atoms with Crippen LogP contribution in [0, 0.1) is 0 Å². The Morgan fingerprint density at radius 2 is 1.30 bits per heavy atom. The standard InChI is InChI=1S/C33H37ClNS.ClH/c1-3-5-13-24-15-7-9-17-27(24)29-21-26(34)22-30(28-18-10-8-16-25(28)14-6-4-2)33(29)35-23-36-32-20-12-11-19-31(32)35;/h7-10,15-18,21-23H,3-6,11-14,19-20H2,1-2H3;1H/q+1;/p-1. The maximum Gasteiger partial charge on any atom is 0.231 e. The van der Waals surface area contributed by atoms with Crippen LogP contribution in [0.1, 0.15) is 74.1 Å². The van der Waals surface area contributed by atoms with E-state index in [2.05, 4.69) is 84.6 Å². The molecule has 1 aromatic heterocycles. The highest BCUT2D eigenvalue weighted by atomic mass is 35.5. The van der Waals surface area contributed by atoms with Crippen LogP contribution in [0.3, 0.4) is 0 Å². The molecule has 1 aliphatic carbocycles. The van der Waals surface area contributed by atoms with Crippen molar-refractivity contribution >= 4 is 22.9 Å². The second-order valence-electron chi connectivity index (χ2n) is 10.0. The van der Waals surface area contributed by atoms with E-state index in [1.54, 1.807) is 4.88 Å². The number of aryl methyl sites for hydroxylation is 3. The van der Waals surface area contributed by atoms with E-state index in [1.807, 2.05) is 11.3 Å². The number of halogens is 2. The molecule has 0 fully saturated rings. The summed E-state index contributed by atoms with van der Waals surface area (Å²) in [5, 5.41) is 0.809. The smallest absolute Gasteiger partial charge is 0.231 e. The molecule has 4 aromatic rings. The van der Waals surface area contributed by atoms with Gasteiger partial charge in [0.05, 0.1) is 16.0 Å². The first-order chi connectivity index (χ1) is 17.7. The number of thiazole rings is 1. The lowest BCUT2D eigenvalue weighted by atomic mass is 9.89. The maximum atomic E-state index is 6.93. The minimum absolute atomic E-state index is 0. The molecular formula is C33H37Cl2NS. The number of unbranched alkanes of at least 4 members (excludes halogenated alkanes) is 2. The first kappa shape index (κ1) is 27.9. The molecule has 0 amide bonds. The van der Waals surface area contributed by atoms with Gasteiger partial charge in [0.2, 0.25) is 16.9 Å². The summed E-state index contributed by atoms with van der Waals surface area (Å²) in [5.41, 5.74) is 13.1. The largest absolute Gasteiger partial charge is 1.00 e. The second-order valence-corrected chi connectivity index (χ2v) is 11.4. The summed E-state index contributed by atoms with van der Waals surface area (Å²) in [6.45, 7) is 4.54. The Morgan fingerprint density at radius 3 is 1.86 bits per heavy atom. The van der Waals surface area contributed by atoms with Gasteiger partial charge in [-0.1, -0.05) is 98.2 Å². The molecule has 0 unspecified atom stereocenters. The number of hydrogen-bond donors (Lipinski definition) is 0. The number of aromatic nitrogens is 1. The van der Waals surface area contributed by atoms with Crippen LogP contribution in [-0.2, 0) is 25.7 Å². The number of hydrogen-bond acceptors (Lipinski definition) is 1. The third-order valence-electron chi connectivity index (χ3n) is 7.51. The van der Waals surface area contributed by atoms with Crippen molar-refractivity contribution in [3.05, 3.63) is 92.9 Å². The molecule has 0 bridgehead atoms. The highest BCUT2D eigenvalue weighted by Gasteiger charge is 2.31. The number of fused-ring (bicyclic) bond motifs is 1. The van der Waals surface area contributed by atoms with Crippen LogP contribution in [0.5, 0.6) is 0 Å². The Morgan fingerprint density at radius 1 is 0.757 bits per heavy atom. The van der Waals surface area contributed by atoms with Crippen LogP contribution in [0.2, 0.25) is 5.02 Å². The predicted octanol–water partition coefficient (Wildman–Crippen LogP) is 6.58. The van der Waals surface area contributed by atoms with Gasteiger partial charge in [-0.25, -0.2) is 0 Å². The van der Waals surface area contributed by atoms with Gasteiger partial charge >= 0.3 is 0 Å². The summed E-state index contributed by atoms with van der Waals surface area (Å²) >= 11 is 8.86. The van der Waals surface area contributed by atoms with Crippen molar-refractivity contribution in [1.82, 2.24) is 0 Å². The summed E-state index contributed by atoms with van der Waals surface area (Å²) in [6, 6.07) is 22.3. The average molecular weight is 551 g/mol. The third-order valence-corrected chi connectivity index (χ3v) is 8.77. The van der Waals surface area contributed by atoms with E-state index < -0.39 is 0 Å². The fourth-order valence-corrected chi connectivity index (χ4v) is 6.90. The highest BCUT2D eigenvalue weighted by molar-refractivity contribution is 7.09. The lowest BCUT2D eigenvalue weighted by Crippen LogP contribution is -3.00. The van der Waals surface area contributed by atoms with Crippen molar-refractivity contribution in [2.24, 2.45) is 0 Å². The number of rotatable bonds is 9. The molecule has 0 spiro atoms. The van der Waals surface area contributed by atoms with Gasteiger partial charge in [0, 0.05) is 11.4 Å². The van der Waals surface area contributed by atoms with Crippen molar-refractivity contribution in [2.45, 2.75) is 78.1 Å².